The van der Waals surface area contributed by atoms with E-state index in [9.17, 15) is 18.5 Å². The van der Waals surface area contributed by atoms with E-state index in [0.717, 1.165) is 12.1 Å². The third-order valence-electron chi connectivity index (χ3n) is 3.07. The molecule has 1 aromatic rings. The summed E-state index contributed by atoms with van der Waals surface area (Å²) in [6.45, 7) is 2.91. The second-order valence-corrected chi connectivity index (χ2v) is 6.93. The summed E-state index contributed by atoms with van der Waals surface area (Å²) in [6, 6.07) is 3.54. The third-order valence-corrected chi connectivity index (χ3v) is 5.20. The number of nitro benzene ring substituents is 1. The molecule has 0 spiro atoms. The van der Waals surface area contributed by atoms with Crippen molar-refractivity contribution in [3.63, 3.8) is 0 Å². The molecule has 0 aliphatic carbocycles. The number of hydrogen-bond acceptors (Lipinski definition) is 5. The average Bonchev–Trinajstić information content (AvgIpc) is 2.38. The van der Waals surface area contributed by atoms with Crippen molar-refractivity contribution >= 4 is 39.7 Å². The van der Waals surface area contributed by atoms with Crippen molar-refractivity contribution < 1.29 is 13.3 Å². The molecule has 1 aliphatic heterocycles. The number of sulfonamides is 1. The molecule has 10 heteroatoms. The molecule has 21 heavy (non-hydrogen) atoms. The van der Waals surface area contributed by atoms with Gasteiger partial charge in [-0.05, 0) is 19.1 Å². The summed E-state index contributed by atoms with van der Waals surface area (Å²) in [4.78, 5) is 9.92. The number of benzene rings is 1. The molecule has 1 N–H and O–H groups in total. The molecule has 118 valence electrons. The monoisotopic (exact) mass is 355 g/mol. The number of nitrogens with one attached hydrogen (secondary N) is 1. The molecule has 1 unspecified atom stereocenters. The lowest BCUT2D eigenvalue weighted by Crippen LogP contribution is -2.51. The minimum atomic E-state index is -3.93. The summed E-state index contributed by atoms with van der Waals surface area (Å²) >= 11 is 5.78. The zero-order valence-electron chi connectivity index (χ0n) is 11.2. The molecule has 1 fully saturated rings. The fourth-order valence-corrected chi connectivity index (χ4v) is 4.05. The number of rotatable bonds is 3. The predicted molar refractivity (Wildman–Crippen MR) is 81.6 cm³/mol. The minimum Gasteiger partial charge on any atom is -0.312 e. The Balaban J connectivity index is 0.00000220. The highest BCUT2D eigenvalue weighted by Crippen LogP contribution is 2.29. The van der Waals surface area contributed by atoms with Crippen LogP contribution in [0.5, 0.6) is 0 Å². The fraction of sp³-hybridized carbons (Fsp3) is 0.455. The molecule has 1 atom stereocenters. The summed E-state index contributed by atoms with van der Waals surface area (Å²) in [5, 5.41) is 14.3. The molecule has 0 aromatic heterocycles. The Bertz CT molecular complexity index is 638. The quantitative estimate of drug-likeness (QED) is 0.657. The van der Waals surface area contributed by atoms with E-state index in [1.165, 1.54) is 10.4 Å². The normalized spacial score (nSPS) is 19.8. The van der Waals surface area contributed by atoms with Gasteiger partial charge in [-0.15, -0.1) is 12.4 Å². The van der Waals surface area contributed by atoms with Crippen LogP contribution in [0.25, 0.3) is 0 Å². The third kappa shape index (κ3) is 3.83. The first-order valence-corrected chi connectivity index (χ1v) is 7.81. The lowest BCUT2D eigenvalue weighted by atomic mass is 10.3. The van der Waals surface area contributed by atoms with Crippen molar-refractivity contribution in [3.8, 4) is 0 Å². The summed E-state index contributed by atoms with van der Waals surface area (Å²) in [7, 11) is -3.93. The van der Waals surface area contributed by atoms with Crippen molar-refractivity contribution in [2.24, 2.45) is 0 Å². The van der Waals surface area contributed by atoms with Crippen LogP contribution in [-0.4, -0.2) is 43.3 Å². The molecule has 0 saturated carbocycles. The van der Waals surface area contributed by atoms with Gasteiger partial charge >= 0.3 is 0 Å². The van der Waals surface area contributed by atoms with Gasteiger partial charge in [0.1, 0.15) is 0 Å². The molecule has 1 aromatic carbocycles. The first-order valence-electron chi connectivity index (χ1n) is 6.00. The van der Waals surface area contributed by atoms with Crippen molar-refractivity contribution in [2.45, 2.75) is 17.9 Å². The maximum Gasteiger partial charge on any atom is 0.289 e. The van der Waals surface area contributed by atoms with Crippen LogP contribution >= 0.6 is 24.0 Å². The van der Waals surface area contributed by atoms with Crippen LogP contribution in [0.1, 0.15) is 6.92 Å². The summed E-state index contributed by atoms with van der Waals surface area (Å²) < 4.78 is 26.3. The molecule has 0 amide bonds. The molecular weight excluding hydrogens is 341 g/mol. The maximum absolute atomic E-state index is 12.5. The lowest BCUT2D eigenvalue weighted by Gasteiger charge is -2.30. The van der Waals surface area contributed by atoms with E-state index < -0.39 is 20.6 Å². The van der Waals surface area contributed by atoms with E-state index in [1.54, 1.807) is 0 Å². The SMILES string of the molecule is CC1CN(S(=O)(=O)c2cc(Cl)ccc2[N+](=O)[O-])CCN1.Cl. The molecule has 2 rings (SSSR count). The van der Waals surface area contributed by atoms with Gasteiger partial charge in [-0.2, -0.15) is 4.31 Å². The van der Waals surface area contributed by atoms with E-state index in [-0.39, 0.29) is 41.5 Å². The number of nitro groups is 1. The van der Waals surface area contributed by atoms with E-state index in [1.807, 2.05) is 6.92 Å². The van der Waals surface area contributed by atoms with Crippen LogP contribution in [0.3, 0.4) is 0 Å². The second-order valence-electron chi connectivity index (χ2n) is 4.59. The highest BCUT2D eigenvalue weighted by Gasteiger charge is 2.34. The van der Waals surface area contributed by atoms with E-state index in [0.29, 0.717) is 6.54 Å². The van der Waals surface area contributed by atoms with Crippen LogP contribution in [0.2, 0.25) is 5.02 Å². The standard InChI is InChI=1S/C11H14ClN3O4S.ClH/c1-8-7-14(5-4-13-8)20(18,19)11-6-9(12)2-3-10(11)15(16)17;/h2-3,6,8,13H,4-5,7H2,1H3;1H. The Kier molecular flexibility index (Phi) is 5.94. The van der Waals surface area contributed by atoms with Gasteiger partial charge in [0.15, 0.2) is 4.90 Å². The second kappa shape index (κ2) is 6.89. The molecule has 1 aliphatic rings. The molecule has 1 heterocycles. The number of nitrogens with zero attached hydrogens (tertiary/aromatic N) is 2. The first kappa shape index (κ1) is 18.1. The Morgan fingerprint density at radius 1 is 1.48 bits per heavy atom. The van der Waals surface area contributed by atoms with Crippen molar-refractivity contribution in [1.82, 2.24) is 9.62 Å². The van der Waals surface area contributed by atoms with Gasteiger partial charge < -0.3 is 5.32 Å². The first-order chi connectivity index (χ1) is 9.32. The van der Waals surface area contributed by atoms with Gasteiger partial charge in [-0.3, -0.25) is 10.1 Å². The van der Waals surface area contributed by atoms with E-state index in [4.69, 9.17) is 11.6 Å². The van der Waals surface area contributed by atoms with Gasteiger partial charge in [0.25, 0.3) is 5.69 Å². The predicted octanol–water partition coefficient (Wildman–Crippen LogP) is 1.65. The van der Waals surface area contributed by atoms with Crippen molar-refractivity contribution in [3.05, 3.63) is 33.3 Å². The van der Waals surface area contributed by atoms with Crippen LogP contribution in [-0.2, 0) is 10.0 Å². The number of piperazine rings is 1. The largest absolute Gasteiger partial charge is 0.312 e. The van der Waals surface area contributed by atoms with Gasteiger partial charge in [-0.25, -0.2) is 8.42 Å². The smallest absolute Gasteiger partial charge is 0.289 e. The minimum absolute atomic E-state index is 0. The van der Waals surface area contributed by atoms with Crippen LogP contribution in [0.15, 0.2) is 23.1 Å². The Hall–Kier alpha value is -0.930. The molecule has 1 saturated heterocycles. The molecule has 0 radical (unpaired) electrons. The van der Waals surface area contributed by atoms with Gasteiger partial charge in [0.2, 0.25) is 10.0 Å². The van der Waals surface area contributed by atoms with Crippen LogP contribution < -0.4 is 5.32 Å². The van der Waals surface area contributed by atoms with Gasteiger partial charge in [0.05, 0.1) is 4.92 Å². The zero-order chi connectivity index (χ0) is 14.9. The summed E-state index contributed by atoms with van der Waals surface area (Å²) in [6.07, 6.45) is 0. The number of hydrogen-bond donors (Lipinski definition) is 1. The maximum atomic E-state index is 12.5. The molecule has 7 nitrogen and oxygen atoms in total. The van der Waals surface area contributed by atoms with Crippen molar-refractivity contribution in [1.29, 1.82) is 0 Å². The van der Waals surface area contributed by atoms with Gasteiger partial charge in [0, 0.05) is 36.8 Å². The van der Waals surface area contributed by atoms with Gasteiger partial charge in [-0.1, -0.05) is 11.6 Å². The summed E-state index contributed by atoms with van der Waals surface area (Å²) in [5.74, 6) is 0. The molecular formula is C11H15Cl2N3O4S. The molecule has 0 bridgehead atoms. The summed E-state index contributed by atoms with van der Waals surface area (Å²) in [5.41, 5.74) is -0.458. The zero-order valence-corrected chi connectivity index (χ0v) is 13.5. The average molecular weight is 356 g/mol. The Labute approximate surface area is 133 Å². The van der Waals surface area contributed by atoms with Crippen LogP contribution in [0.4, 0.5) is 5.69 Å². The topological polar surface area (TPSA) is 92.5 Å². The van der Waals surface area contributed by atoms with Crippen molar-refractivity contribution in [2.75, 3.05) is 19.6 Å². The van der Waals surface area contributed by atoms with Crippen LogP contribution in [0, 0.1) is 10.1 Å². The Morgan fingerprint density at radius 2 is 2.14 bits per heavy atom. The fourth-order valence-electron chi connectivity index (χ4n) is 2.10. The van der Waals surface area contributed by atoms with E-state index >= 15 is 0 Å². The Morgan fingerprint density at radius 3 is 2.71 bits per heavy atom. The highest BCUT2D eigenvalue weighted by atomic mass is 35.5. The van der Waals surface area contributed by atoms with E-state index in [2.05, 4.69) is 5.32 Å². The number of halogens is 2. The lowest BCUT2D eigenvalue weighted by molar-refractivity contribution is -0.387. The highest BCUT2D eigenvalue weighted by molar-refractivity contribution is 7.89.